The number of hydrogen-bond donors (Lipinski definition) is 1. The average molecular weight is 240 g/mol. The van der Waals surface area contributed by atoms with Crippen LogP contribution < -0.4 is 0 Å². The molecule has 0 aliphatic carbocycles. The highest BCUT2D eigenvalue weighted by Gasteiger charge is 2.09. The summed E-state index contributed by atoms with van der Waals surface area (Å²) in [5.74, 6) is 0.301. The maximum atomic E-state index is 9.50. The predicted molar refractivity (Wildman–Crippen MR) is 75.6 cm³/mol. The van der Waals surface area contributed by atoms with Crippen molar-refractivity contribution in [3.8, 4) is 0 Å². The van der Waals surface area contributed by atoms with Crippen LogP contribution in [0.2, 0.25) is 0 Å². The fourth-order valence-corrected chi connectivity index (χ4v) is 2.21. The summed E-state index contributed by atoms with van der Waals surface area (Å²) in [4.78, 5) is 0. The predicted octanol–water partition coefficient (Wildman–Crippen LogP) is 3.39. The van der Waals surface area contributed by atoms with Crippen LogP contribution in [0.1, 0.15) is 16.7 Å². The van der Waals surface area contributed by atoms with Gasteiger partial charge in [-0.2, -0.15) is 0 Å². The van der Waals surface area contributed by atoms with Crippen LogP contribution in [0, 0.1) is 12.8 Å². The molecule has 2 rings (SSSR count). The Morgan fingerprint density at radius 3 is 1.94 bits per heavy atom. The quantitative estimate of drug-likeness (QED) is 0.849. The number of aliphatic hydroxyl groups excluding tert-OH is 1. The Kier molecular flexibility index (Phi) is 4.54. The van der Waals surface area contributed by atoms with Gasteiger partial charge in [-0.25, -0.2) is 0 Å². The summed E-state index contributed by atoms with van der Waals surface area (Å²) < 4.78 is 0. The molecule has 0 spiro atoms. The molecule has 18 heavy (non-hydrogen) atoms. The van der Waals surface area contributed by atoms with Crippen LogP contribution in [0.3, 0.4) is 0 Å². The third-order valence-electron chi connectivity index (χ3n) is 3.27. The van der Waals surface area contributed by atoms with Crippen LogP contribution in [-0.2, 0) is 12.8 Å². The second-order valence-corrected chi connectivity index (χ2v) is 4.93. The molecular formula is C17H20O. The Hall–Kier alpha value is -1.60. The van der Waals surface area contributed by atoms with Gasteiger partial charge >= 0.3 is 0 Å². The van der Waals surface area contributed by atoms with E-state index in [1.165, 1.54) is 16.7 Å². The molecule has 0 amide bonds. The van der Waals surface area contributed by atoms with Crippen molar-refractivity contribution >= 4 is 0 Å². The first kappa shape index (κ1) is 12.8. The van der Waals surface area contributed by atoms with Crippen LogP contribution in [0.4, 0.5) is 0 Å². The SMILES string of the molecule is Cc1ccc(CC(CO)Cc2ccccc2)cc1. The molecule has 1 atom stereocenters. The zero-order valence-corrected chi connectivity index (χ0v) is 10.8. The topological polar surface area (TPSA) is 20.2 Å². The molecule has 0 heterocycles. The molecule has 1 nitrogen and oxygen atoms in total. The molecule has 2 aromatic rings. The molecule has 1 N–H and O–H groups in total. The van der Waals surface area contributed by atoms with E-state index in [0.29, 0.717) is 5.92 Å². The highest BCUT2D eigenvalue weighted by atomic mass is 16.3. The second kappa shape index (κ2) is 6.36. The molecule has 1 unspecified atom stereocenters. The summed E-state index contributed by atoms with van der Waals surface area (Å²) in [7, 11) is 0. The van der Waals surface area contributed by atoms with E-state index in [9.17, 15) is 5.11 Å². The van der Waals surface area contributed by atoms with Crippen molar-refractivity contribution in [1.82, 2.24) is 0 Å². The average Bonchev–Trinajstić information content (AvgIpc) is 2.41. The Balaban J connectivity index is 1.99. The number of aryl methyl sites for hydroxylation is 1. The van der Waals surface area contributed by atoms with E-state index >= 15 is 0 Å². The van der Waals surface area contributed by atoms with Gasteiger partial charge < -0.3 is 5.11 Å². The van der Waals surface area contributed by atoms with Gasteiger partial charge in [0.15, 0.2) is 0 Å². The molecule has 0 saturated carbocycles. The Morgan fingerprint density at radius 2 is 1.39 bits per heavy atom. The van der Waals surface area contributed by atoms with E-state index in [4.69, 9.17) is 0 Å². The number of hydrogen-bond acceptors (Lipinski definition) is 1. The standard InChI is InChI=1S/C17H20O/c1-14-7-9-16(10-8-14)12-17(13-18)11-15-5-3-2-4-6-15/h2-10,17-18H,11-13H2,1H3. The highest BCUT2D eigenvalue weighted by molar-refractivity contribution is 5.22. The van der Waals surface area contributed by atoms with Gasteiger partial charge in [-0.1, -0.05) is 60.2 Å². The molecule has 0 saturated heterocycles. The number of rotatable bonds is 5. The van der Waals surface area contributed by atoms with Crippen LogP contribution in [-0.4, -0.2) is 11.7 Å². The summed E-state index contributed by atoms with van der Waals surface area (Å²) in [5, 5.41) is 9.50. The van der Waals surface area contributed by atoms with E-state index in [1.54, 1.807) is 0 Å². The van der Waals surface area contributed by atoms with Crippen molar-refractivity contribution in [2.24, 2.45) is 5.92 Å². The maximum absolute atomic E-state index is 9.50. The monoisotopic (exact) mass is 240 g/mol. The van der Waals surface area contributed by atoms with Crippen molar-refractivity contribution < 1.29 is 5.11 Å². The largest absolute Gasteiger partial charge is 0.396 e. The number of aliphatic hydroxyl groups is 1. The van der Waals surface area contributed by atoms with Gasteiger partial charge in [0.2, 0.25) is 0 Å². The van der Waals surface area contributed by atoms with Crippen molar-refractivity contribution in [2.45, 2.75) is 19.8 Å². The lowest BCUT2D eigenvalue weighted by atomic mass is 9.93. The van der Waals surface area contributed by atoms with Crippen molar-refractivity contribution in [1.29, 1.82) is 0 Å². The maximum Gasteiger partial charge on any atom is 0.0465 e. The van der Waals surface area contributed by atoms with Crippen molar-refractivity contribution in [3.63, 3.8) is 0 Å². The third kappa shape index (κ3) is 3.71. The molecule has 0 fully saturated rings. The van der Waals surface area contributed by atoms with Gasteiger partial charge in [0, 0.05) is 6.61 Å². The normalized spacial score (nSPS) is 12.3. The second-order valence-electron chi connectivity index (χ2n) is 4.93. The molecule has 2 aromatic carbocycles. The smallest absolute Gasteiger partial charge is 0.0465 e. The fraction of sp³-hybridized carbons (Fsp3) is 0.294. The molecule has 0 aliphatic rings. The van der Waals surface area contributed by atoms with Crippen LogP contribution in [0.5, 0.6) is 0 Å². The van der Waals surface area contributed by atoms with E-state index in [0.717, 1.165) is 12.8 Å². The van der Waals surface area contributed by atoms with Gasteiger partial charge in [-0.3, -0.25) is 0 Å². The molecule has 0 aliphatic heterocycles. The van der Waals surface area contributed by atoms with Gasteiger partial charge in [-0.05, 0) is 36.8 Å². The lowest BCUT2D eigenvalue weighted by Gasteiger charge is -2.14. The highest BCUT2D eigenvalue weighted by Crippen LogP contribution is 2.15. The molecule has 0 bridgehead atoms. The summed E-state index contributed by atoms with van der Waals surface area (Å²) in [6, 6.07) is 18.9. The molecule has 1 heteroatoms. The minimum Gasteiger partial charge on any atom is -0.396 e. The first-order valence-electron chi connectivity index (χ1n) is 6.48. The molecule has 0 radical (unpaired) electrons. The lowest BCUT2D eigenvalue weighted by molar-refractivity contribution is 0.225. The number of benzene rings is 2. The van der Waals surface area contributed by atoms with Crippen molar-refractivity contribution in [2.75, 3.05) is 6.61 Å². The molecular weight excluding hydrogens is 220 g/mol. The van der Waals surface area contributed by atoms with Crippen LogP contribution in [0.15, 0.2) is 54.6 Å². The van der Waals surface area contributed by atoms with Crippen LogP contribution in [0.25, 0.3) is 0 Å². The van der Waals surface area contributed by atoms with E-state index in [2.05, 4.69) is 55.5 Å². The fourth-order valence-electron chi connectivity index (χ4n) is 2.21. The Bertz CT molecular complexity index is 459. The van der Waals surface area contributed by atoms with E-state index in [1.807, 2.05) is 6.07 Å². The molecule has 94 valence electrons. The minimum absolute atomic E-state index is 0.239. The first-order chi connectivity index (χ1) is 8.78. The Morgan fingerprint density at radius 1 is 0.833 bits per heavy atom. The van der Waals surface area contributed by atoms with Crippen molar-refractivity contribution in [3.05, 3.63) is 71.3 Å². The summed E-state index contributed by atoms with van der Waals surface area (Å²) >= 11 is 0. The summed E-state index contributed by atoms with van der Waals surface area (Å²) in [6.45, 7) is 2.33. The van der Waals surface area contributed by atoms with Gasteiger partial charge in [-0.15, -0.1) is 0 Å². The lowest BCUT2D eigenvalue weighted by Crippen LogP contribution is -2.12. The minimum atomic E-state index is 0.239. The van der Waals surface area contributed by atoms with Gasteiger partial charge in [0.05, 0.1) is 0 Å². The molecule has 0 aromatic heterocycles. The van der Waals surface area contributed by atoms with Crippen LogP contribution >= 0.6 is 0 Å². The first-order valence-corrected chi connectivity index (χ1v) is 6.48. The van der Waals surface area contributed by atoms with Gasteiger partial charge in [0.1, 0.15) is 0 Å². The summed E-state index contributed by atoms with van der Waals surface area (Å²) in [5.41, 5.74) is 3.88. The third-order valence-corrected chi connectivity index (χ3v) is 3.27. The van der Waals surface area contributed by atoms with Gasteiger partial charge in [0.25, 0.3) is 0 Å². The zero-order chi connectivity index (χ0) is 12.8. The summed E-state index contributed by atoms with van der Waals surface area (Å²) in [6.07, 6.45) is 1.87. The Labute approximate surface area is 109 Å². The van der Waals surface area contributed by atoms with E-state index < -0.39 is 0 Å². The van der Waals surface area contributed by atoms with E-state index in [-0.39, 0.29) is 6.61 Å². The zero-order valence-electron chi connectivity index (χ0n) is 10.8.